The van der Waals surface area contributed by atoms with Crippen LogP contribution in [0.4, 0.5) is 0 Å². The summed E-state index contributed by atoms with van der Waals surface area (Å²) in [4.78, 5) is 5.06. The minimum absolute atomic E-state index is 0.715. The van der Waals surface area contributed by atoms with Crippen molar-refractivity contribution >= 4 is 0 Å². The minimum Gasteiger partial charge on any atom is -0.468 e. The second-order valence-electron chi connectivity index (χ2n) is 6.60. The first-order valence-corrected chi connectivity index (χ1v) is 8.47. The van der Waals surface area contributed by atoms with E-state index < -0.39 is 0 Å². The van der Waals surface area contributed by atoms with Gasteiger partial charge in [0.05, 0.1) is 12.8 Å². The van der Waals surface area contributed by atoms with Crippen LogP contribution in [0.3, 0.4) is 0 Å². The number of nitrogens with one attached hydrogen (secondary N) is 1. The monoisotopic (exact) mass is 291 g/mol. The molecule has 0 aromatic carbocycles. The maximum atomic E-state index is 5.67. The first-order chi connectivity index (χ1) is 10.3. The van der Waals surface area contributed by atoms with E-state index in [9.17, 15) is 0 Å². The van der Waals surface area contributed by atoms with Gasteiger partial charge in [-0.15, -0.1) is 0 Å². The number of likely N-dealkylation sites (tertiary alicyclic amines) is 1. The van der Waals surface area contributed by atoms with E-state index in [1.54, 1.807) is 0 Å². The maximum absolute atomic E-state index is 5.67. The molecule has 0 spiro atoms. The van der Waals surface area contributed by atoms with Gasteiger partial charge < -0.3 is 14.6 Å². The van der Waals surface area contributed by atoms with Crippen molar-refractivity contribution in [3.05, 3.63) is 23.7 Å². The third kappa shape index (κ3) is 4.09. The Hall–Kier alpha value is -0.840. The van der Waals surface area contributed by atoms with Gasteiger partial charge in [-0.1, -0.05) is 6.92 Å². The Morgan fingerprint density at radius 1 is 1.29 bits per heavy atom. The topological polar surface area (TPSA) is 31.6 Å². The van der Waals surface area contributed by atoms with Crippen molar-refractivity contribution in [3.63, 3.8) is 0 Å². The van der Waals surface area contributed by atoms with Crippen LogP contribution in [0, 0.1) is 0 Å². The van der Waals surface area contributed by atoms with E-state index in [0.29, 0.717) is 6.04 Å². The summed E-state index contributed by atoms with van der Waals surface area (Å²) in [6.07, 6.45) is 7.07. The molecule has 1 saturated carbocycles. The Bertz CT molecular complexity index is 433. The molecule has 0 bridgehead atoms. The zero-order chi connectivity index (χ0) is 14.7. The Balaban J connectivity index is 1.50. The molecule has 2 heterocycles. The van der Waals surface area contributed by atoms with E-state index in [1.165, 1.54) is 50.9 Å². The molecule has 1 N–H and O–H groups in total. The molecule has 0 amide bonds. The molecule has 0 radical (unpaired) electrons. The highest BCUT2D eigenvalue weighted by atomic mass is 16.3. The van der Waals surface area contributed by atoms with Gasteiger partial charge >= 0.3 is 0 Å². The molecule has 0 unspecified atom stereocenters. The molecule has 1 aliphatic heterocycles. The zero-order valence-corrected chi connectivity index (χ0v) is 13.5. The van der Waals surface area contributed by atoms with Crippen LogP contribution in [-0.4, -0.2) is 48.6 Å². The van der Waals surface area contributed by atoms with Gasteiger partial charge in [0.25, 0.3) is 0 Å². The standard InChI is InChI=1S/C17H29N3O/c1-3-20-9-6-16(7-10-20)19(2)13-14-8-11-21-17(14)12-18-15-4-5-15/h8,11,15-16,18H,3-7,9-10,12-13H2,1-2H3. The van der Waals surface area contributed by atoms with Crippen molar-refractivity contribution in [2.24, 2.45) is 0 Å². The maximum Gasteiger partial charge on any atom is 0.122 e. The lowest BCUT2D eigenvalue weighted by Gasteiger charge is -2.36. The van der Waals surface area contributed by atoms with Gasteiger partial charge in [0.1, 0.15) is 5.76 Å². The third-order valence-electron chi connectivity index (χ3n) is 5.01. The molecule has 3 rings (SSSR count). The van der Waals surface area contributed by atoms with Gasteiger partial charge in [-0.05, 0) is 58.4 Å². The zero-order valence-electron chi connectivity index (χ0n) is 13.5. The van der Waals surface area contributed by atoms with E-state index in [0.717, 1.165) is 24.9 Å². The highest BCUT2D eigenvalue weighted by Gasteiger charge is 2.24. The smallest absolute Gasteiger partial charge is 0.122 e. The average Bonchev–Trinajstić information content (AvgIpc) is 3.25. The van der Waals surface area contributed by atoms with Crippen LogP contribution in [0.15, 0.2) is 16.7 Å². The molecule has 2 aliphatic rings. The molecule has 118 valence electrons. The summed E-state index contributed by atoms with van der Waals surface area (Å²) in [5, 5.41) is 3.55. The number of hydrogen-bond acceptors (Lipinski definition) is 4. The fourth-order valence-electron chi connectivity index (χ4n) is 3.26. The summed E-state index contributed by atoms with van der Waals surface area (Å²) in [7, 11) is 2.26. The Morgan fingerprint density at radius 3 is 2.71 bits per heavy atom. The van der Waals surface area contributed by atoms with Crippen LogP contribution in [0.5, 0.6) is 0 Å². The van der Waals surface area contributed by atoms with E-state index in [4.69, 9.17) is 4.42 Å². The largest absolute Gasteiger partial charge is 0.468 e. The van der Waals surface area contributed by atoms with Crippen LogP contribution in [0.2, 0.25) is 0 Å². The predicted molar refractivity (Wildman–Crippen MR) is 85.2 cm³/mol. The molecular formula is C17H29N3O. The molecule has 4 nitrogen and oxygen atoms in total. The SMILES string of the molecule is CCN1CCC(N(C)Cc2ccoc2CNC2CC2)CC1. The van der Waals surface area contributed by atoms with Gasteiger partial charge in [-0.25, -0.2) is 0 Å². The first-order valence-electron chi connectivity index (χ1n) is 8.47. The highest BCUT2D eigenvalue weighted by molar-refractivity contribution is 5.17. The van der Waals surface area contributed by atoms with Crippen molar-refractivity contribution < 1.29 is 4.42 Å². The molecule has 21 heavy (non-hydrogen) atoms. The summed E-state index contributed by atoms with van der Waals surface area (Å²) >= 11 is 0. The van der Waals surface area contributed by atoms with E-state index in [2.05, 4.69) is 35.2 Å². The van der Waals surface area contributed by atoms with Crippen LogP contribution in [0.25, 0.3) is 0 Å². The van der Waals surface area contributed by atoms with E-state index in [-0.39, 0.29) is 0 Å². The highest BCUT2D eigenvalue weighted by Crippen LogP contribution is 2.22. The normalized spacial score (nSPS) is 21.3. The Kier molecular flexibility index (Phi) is 4.99. The van der Waals surface area contributed by atoms with Crippen molar-refractivity contribution in [1.82, 2.24) is 15.1 Å². The number of piperidine rings is 1. The number of nitrogens with zero attached hydrogens (tertiary/aromatic N) is 2. The average molecular weight is 291 g/mol. The van der Waals surface area contributed by atoms with Crippen LogP contribution < -0.4 is 5.32 Å². The second kappa shape index (κ2) is 6.95. The van der Waals surface area contributed by atoms with E-state index in [1.807, 2.05) is 6.26 Å². The van der Waals surface area contributed by atoms with Crippen molar-refractivity contribution in [2.75, 3.05) is 26.7 Å². The lowest BCUT2D eigenvalue weighted by atomic mass is 10.0. The van der Waals surface area contributed by atoms with Gasteiger partial charge in [0.2, 0.25) is 0 Å². The molecule has 1 saturated heterocycles. The van der Waals surface area contributed by atoms with Gasteiger partial charge in [0.15, 0.2) is 0 Å². The number of rotatable bonds is 7. The number of hydrogen-bond donors (Lipinski definition) is 1. The van der Waals surface area contributed by atoms with Crippen LogP contribution >= 0.6 is 0 Å². The molecule has 1 aromatic rings. The molecular weight excluding hydrogens is 262 g/mol. The molecule has 1 aromatic heterocycles. The fraction of sp³-hybridized carbons (Fsp3) is 0.765. The Morgan fingerprint density at radius 2 is 2.05 bits per heavy atom. The molecule has 2 fully saturated rings. The summed E-state index contributed by atoms with van der Waals surface area (Å²) in [6, 6.07) is 3.59. The molecule has 0 atom stereocenters. The lowest BCUT2D eigenvalue weighted by Crippen LogP contribution is -2.43. The van der Waals surface area contributed by atoms with Crippen molar-refractivity contribution in [1.29, 1.82) is 0 Å². The predicted octanol–water partition coefficient (Wildman–Crippen LogP) is 2.45. The summed E-state index contributed by atoms with van der Waals surface area (Å²) in [5.41, 5.74) is 1.35. The van der Waals surface area contributed by atoms with Gasteiger partial charge in [-0.2, -0.15) is 0 Å². The lowest BCUT2D eigenvalue weighted by molar-refractivity contribution is 0.126. The van der Waals surface area contributed by atoms with Crippen LogP contribution in [0.1, 0.15) is 43.9 Å². The summed E-state index contributed by atoms with van der Waals surface area (Å²) < 4.78 is 5.67. The minimum atomic E-state index is 0.715. The van der Waals surface area contributed by atoms with Gasteiger partial charge in [-0.3, -0.25) is 4.90 Å². The fourth-order valence-corrected chi connectivity index (χ4v) is 3.26. The van der Waals surface area contributed by atoms with Crippen LogP contribution in [-0.2, 0) is 13.1 Å². The molecule has 4 heteroatoms. The third-order valence-corrected chi connectivity index (χ3v) is 5.01. The first kappa shape index (κ1) is 15.1. The molecule has 1 aliphatic carbocycles. The van der Waals surface area contributed by atoms with Gasteiger partial charge in [0, 0.05) is 24.2 Å². The number of furan rings is 1. The summed E-state index contributed by atoms with van der Waals surface area (Å²) in [6.45, 7) is 7.83. The van der Waals surface area contributed by atoms with E-state index >= 15 is 0 Å². The summed E-state index contributed by atoms with van der Waals surface area (Å²) in [5.74, 6) is 1.12. The second-order valence-corrected chi connectivity index (χ2v) is 6.60. The van der Waals surface area contributed by atoms with Crippen molar-refractivity contribution in [3.8, 4) is 0 Å². The quantitative estimate of drug-likeness (QED) is 0.836. The Labute approximate surface area is 128 Å². The van der Waals surface area contributed by atoms with Crippen molar-refractivity contribution in [2.45, 2.75) is 57.8 Å².